The Morgan fingerprint density at radius 2 is 0.957 bits per heavy atom. The number of aryl methyl sites for hydroxylation is 1. The number of anilines is 6. The van der Waals surface area contributed by atoms with E-state index in [4.69, 9.17) is 0 Å². The van der Waals surface area contributed by atoms with Gasteiger partial charge in [-0.25, -0.2) is 0 Å². The van der Waals surface area contributed by atoms with Crippen molar-refractivity contribution in [2.75, 3.05) is 9.80 Å². The van der Waals surface area contributed by atoms with Crippen LogP contribution in [-0.2, 0) is 43.3 Å². The third-order valence-corrected chi connectivity index (χ3v) is 19.3. The van der Waals surface area contributed by atoms with E-state index >= 15 is 0 Å². The molecule has 0 N–H and O–H groups in total. The predicted octanol–water partition coefficient (Wildman–Crippen LogP) is 16.3. The number of nitrogens with zero attached hydrogens (tertiary/aromatic N) is 2. The first kappa shape index (κ1) is 42.6. The third-order valence-electron chi connectivity index (χ3n) is 19.3. The van der Waals surface area contributed by atoms with Gasteiger partial charge >= 0.3 is 0 Å². The van der Waals surface area contributed by atoms with Gasteiger partial charge in [0, 0.05) is 38.0 Å². The van der Waals surface area contributed by atoms with E-state index in [1.807, 2.05) is 0 Å². The van der Waals surface area contributed by atoms with E-state index in [1.54, 1.807) is 0 Å². The quantitative estimate of drug-likeness (QED) is 0.159. The number of fused-ring (bicyclic) bond motifs is 10. The molecule has 0 fully saturated rings. The molecule has 0 bridgehead atoms. The summed E-state index contributed by atoms with van der Waals surface area (Å²) >= 11 is 0. The molecule has 3 heteroatoms. The van der Waals surface area contributed by atoms with Gasteiger partial charge in [0.2, 0.25) is 0 Å². The molecule has 0 saturated carbocycles. The van der Waals surface area contributed by atoms with Crippen LogP contribution in [-0.4, -0.2) is 6.71 Å². The number of rotatable bonds is 2. The average molecular weight is 926 g/mol. The van der Waals surface area contributed by atoms with Crippen molar-refractivity contribution >= 4 is 57.2 Å². The molecule has 0 atom stereocenters. The molecular formula is C67H79BN2. The smallest absolute Gasteiger partial charge is 0.252 e. The summed E-state index contributed by atoms with van der Waals surface area (Å²) in [6, 6.07) is 35.6. The van der Waals surface area contributed by atoms with Crippen LogP contribution in [0.4, 0.5) is 34.1 Å². The fourth-order valence-electron chi connectivity index (χ4n) is 15.6. The lowest BCUT2D eigenvalue weighted by Gasteiger charge is -2.48. The summed E-state index contributed by atoms with van der Waals surface area (Å²) in [5.74, 6) is 0. The van der Waals surface area contributed by atoms with Crippen LogP contribution >= 0.6 is 0 Å². The van der Waals surface area contributed by atoms with Crippen molar-refractivity contribution in [1.82, 2.24) is 0 Å². The molecule has 6 aromatic carbocycles. The summed E-state index contributed by atoms with van der Waals surface area (Å²) in [5, 5.41) is 0. The van der Waals surface area contributed by atoms with Gasteiger partial charge in [-0.2, -0.15) is 0 Å². The van der Waals surface area contributed by atoms with Gasteiger partial charge in [-0.05, 0) is 202 Å². The Balaban J connectivity index is 1.26. The van der Waals surface area contributed by atoms with Crippen molar-refractivity contribution in [3.63, 3.8) is 0 Å². The number of hydrogen-bond acceptors (Lipinski definition) is 2. The molecule has 6 aromatic rings. The van der Waals surface area contributed by atoms with E-state index in [2.05, 4.69) is 218 Å². The van der Waals surface area contributed by atoms with Gasteiger partial charge in [0.15, 0.2) is 0 Å². The van der Waals surface area contributed by atoms with Gasteiger partial charge in [-0.1, -0.05) is 166 Å². The highest BCUT2D eigenvalue weighted by Crippen LogP contribution is 2.59. The van der Waals surface area contributed by atoms with Crippen molar-refractivity contribution < 1.29 is 4.11 Å². The summed E-state index contributed by atoms with van der Waals surface area (Å²) in [6.45, 7) is 38.6. The molecule has 6 aliphatic rings. The second-order valence-corrected chi connectivity index (χ2v) is 28.5. The van der Waals surface area contributed by atoms with Crippen LogP contribution in [0.2, 0.25) is 0 Å². The standard InChI is InChI=1S/C67H79BN2/c1-39-31-55-59-56(32-39)70(52-26-24-42-41-21-19-20-22-43(41)67(17,18)57(42)58(52)60(2,3)4)54-37-49-47(65(13,14)38-66(49,15)16)35-51(54)68(59)50-34-46-48(64(11,12)30-29-63(46,9)10)36-53(50)69(55)40-23-25-44-45(33-40)62(7,8)28-27-61(44,5)6/h19-26,31-37H,27-30,38H2,1-18H3/i1D3. The summed E-state index contributed by atoms with van der Waals surface area (Å²) in [5.41, 5.74) is 25.2. The van der Waals surface area contributed by atoms with Gasteiger partial charge in [-0.15, -0.1) is 0 Å². The molecule has 0 saturated heterocycles. The molecule has 360 valence electrons. The summed E-state index contributed by atoms with van der Waals surface area (Å²) in [7, 11) is 0. The van der Waals surface area contributed by atoms with Crippen molar-refractivity contribution in [3.8, 4) is 11.1 Å². The maximum Gasteiger partial charge on any atom is 0.252 e. The second kappa shape index (κ2) is 13.9. The van der Waals surface area contributed by atoms with Gasteiger partial charge < -0.3 is 9.80 Å². The van der Waals surface area contributed by atoms with Gasteiger partial charge in [-0.3, -0.25) is 0 Å². The predicted molar refractivity (Wildman–Crippen MR) is 303 cm³/mol. The van der Waals surface area contributed by atoms with E-state index in [9.17, 15) is 4.11 Å². The van der Waals surface area contributed by atoms with Crippen molar-refractivity contribution in [1.29, 1.82) is 0 Å². The van der Waals surface area contributed by atoms with Gasteiger partial charge in [0.1, 0.15) is 0 Å². The van der Waals surface area contributed by atoms with Crippen LogP contribution in [0.3, 0.4) is 0 Å². The van der Waals surface area contributed by atoms with E-state index in [0.717, 1.165) is 54.9 Å². The lowest BCUT2D eigenvalue weighted by Crippen LogP contribution is -2.62. The normalized spacial score (nSPS) is 22.2. The molecule has 70 heavy (non-hydrogen) atoms. The van der Waals surface area contributed by atoms with Crippen LogP contribution in [0.1, 0.15) is 210 Å². The fourth-order valence-corrected chi connectivity index (χ4v) is 15.6. The highest BCUT2D eigenvalue weighted by Gasteiger charge is 2.51. The lowest BCUT2D eigenvalue weighted by molar-refractivity contribution is 0.332. The Kier molecular flexibility index (Phi) is 8.49. The zero-order valence-electron chi connectivity index (χ0n) is 48.7. The first-order chi connectivity index (χ1) is 33.7. The number of hydrogen-bond donors (Lipinski definition) is 0. The Labute approximate surface area is 427 Å². The zero-order valence-corrected chi connectivity index (χ0v) is 45.7. The maximum atomic E-state index is 9.36. The van der Waals surface area contributed by atoms with Crippen LogP contribution < -0.4 is 26.2 Å². The monoisotopic (exact) mass is 926 g/mol. The minimum Gasteiger partial charge on any atom is -0.311 e. The Morgan fingerprint density at radius 1 is 0.457 bits per heavy atom. The molecule has 0 radical (unpaired) electrons. The molecule has 0 unspecified atom stereocenters. The van der Waals surface area contributed by atoms with E-state index in [0.29, 0.717) is 5.56 Å². The van der Waals surface area contributed by atoms with Crippen molar-refractivity contribution in [2.45, 2.75) is 200 Å². The van der Waals surface area contributed by atoms with E-state index < -0.39 is 6.85 Å². The second-order valence-electron chi connectivity index (χ2n) is 28.5. The molecule has 2 aliphatic heterocycles. The minimum absolute atomic E-state index is 0.0229. The Hall–Kier alpha value is -5.02. The van der Waals surface area contributed by atoms with E-state index in [-0.39, 0.29) is 50.0 Å². The Bertz CT molecular complexity index is 3400. The van der Waals surface area contributed by atoms with Gasteiger partial charge in [0.25, 0.3) is 6.71 Å². The molecular weight excluding hydrogens is 844 g/mol. The number of benzene rings is 6. The van der Waals surface area contributed by atoms with Crippen molar-refractivity contribution in [3.05, 3.63) is 147 Å². The third kappa shape index (κ3) is 6.17. The highest BCUT2D eigenvalue weighted by atomic mass is 15.2. The lowest BCUT2D eigenvalue weighted by atomic mass is 9.32. The molecule has 2 nitrogen and oxygen atoms in total. The SMILES string of the molecule is [2H]C([2H])([2H])c1cc2c3c(c1)N(c1ccc4c(c1C(C)(C)C)C(C)(C)c1ccccc1-4)c1cc4c(cc1B3c1cc3c(cc1N2c1ccc2c(c1)C(C)(C)CCC2(C)C)C(C)(C)CCC3(C)C)C(C)(C)CC4(C)C. The maximum absolute atomic E-state index is 9.36. The fraction of sp³-hybridized carbons (Fsp3) is 0.463. The molecule has 4 aliphatic carbocycles. The molecule has 2 heterocycles. The average Bonchev–Trinajstić information content (AvgIpc) is 3.63. The highest BCUT2D eigenvalue weighted by molar-refractivity contribution is 7.00. The largest absolute Gasteiger partial charge is 0.311 e. The summed E-state index contributed by atoms with van der Waals surface area (Å²) in [4.78, 5) is 5.08. The summed E-state index contributed by atoms with van der Waals surface area (Å²) < 4.78 is 28.1. The molecule has 0 amide bonds. The molecule has 0 aromatic heterocycles. The van der Waals surface area contributed by atoms with Gasteiger partial charge in [0.05, 0.1) is 5.69 Å². The molecule has 0 spiro atoms. The van der Waals surface area contributed by atoms with E-state index in [1.165, 1.54) is 89.0 Å². The molecule has 12 rings (SSSR count). The first-order valence-electron chi connectivity index (χ1n) is 28.3. The van der Waals surface area contributed by atoms with Crippen LogP contribution in [0.5, 0.6) is 0 Å². The van der Waals surface area contributed by atoms with Crippen molar-refractivity contribution in [2.24, 2.45) is 0 Å². The first-order valence-corrected chi connectivity index (χ1v) is 26.8. The van der Waals surface area contributed by atoms with Crippen LogP contribution in [0.15, 0.2) is 91.0 Å². The minimum atomic E-state index is -2.37. The van der Waals surface area contributed by atoms with Crippen LogP contribution in [0.25, 0.3) is 11.1 Å². The van der Waals surface area contributed by atoms with Crippen LogP contribution in [0, 0.1) is 6.85 Å². The zero-order chi connectivity index (χ0) is 52.5. The Morgan fingerprint density at radius 3 is 1.54 bits per heavy atom. The topological polar surface area (TPSA) is 6.48 Å². The summed E-state index contributed by atoms with van der Waals surface area (Å²) in [6.07, 6.45) is 5.53.